The Hall–Kier alpha value is -1.59. The number of hydrogen-bond acceptors (Lipinski definition) is 4. The van der Waals surface area contributed by atoms with Crippen molar-refractivity contribution in [2.24, 2.45) is 0 Å². The van der Waals surface area contributed by atoms with Crippen molar-refractivity contribution in [2.75, 3.05) is 6.54 Å². The smallest absolute Gasteiger partial charge is 0.322 e. The van der Waals surface area contributed by atoms with Gasteiger partial charge in [0, 0.05) is 12.8 Å². The Morgan fingerprint density at radius 2 is 0.804 bits per heavy atom. The summed E-state index contributed by atoms with van der Waals surface area (Å²) in [6.07, 6.45) is 39.4. The maximum absolute atomic E-state index is 12.7. The molecule has 0 aromatic carbocycles. The molecule has 46 heavy (non-hydrogen) atoms. The third-order valence-electron chi connectivity index (χ3n) is 9.28. The molecule has 0 saturated heterocycles. The van der Waals surface area contributed by atoms with Crippen molar-refractivity contribution in [3.63, 3.8) is 0 Å². The molecule has 0 heterocycles. The number of ether oxygens (including phenoxy) is 1. The second-order valence-corrected chi connectivity index (χ2v) is 13.9. The van der Waals surface area contributed by atoms with Gasteiger partial charge in [-0.25, -0.2) is 0 Å². The van der Waals surface area contributed by atoms with Crippen molar-refractivity contribution in [1.29, 1.82) is 0 Å². The fourth-order valence-corrected chi connectivity index (χ4v) is 6.28. The predicted molar refractivity (Wildman–Crippen MR) is 194 cm³/mol. The van der Waals surface area contributed by atoms with E-state index in [0.29, 0.717) is 12.8 Å². The maximum Gasteiger partial charge on any atom is 0.322 e. The first kappa shape index (κ1) is 44.4. The number of aliphatic carboxylic acids is 1. The van der Waals surface area contributed by atoms with Crippen molar-refractivity contribution in [2.45, 2.75) is 232 Å². The molecule has 272 valence electrons. The number of carboxylic acids is 1. The van der Waals surface area contributed by atoms with Crippen LogP contribution < -0.4 is 5.32 Å². The van der Waals surface area contributed by atoms with Crippen LogP contribution in [-0.2, 0) is 19.1 Å². The molecule has 1 amide bonds. The van der Waals surface area contributed by atoms with Crippen LogP contribution in [-0.4, -0.2) is 35.6 Å². The molecule has 0 aliphatic carbocycles. The minimum absolute atomic E-state index is 0.0127. The van der Waals surface area contributed by atoms with E-state index in [9.17, 15) is 14.4 Å². The lowest BCUT2D eigenvalue weighted by Crippen LogP contribution is -2.28. The second kappa shape index (κ2) is 36.2. The van der Waals surface area contributed by atoms with Crippen molar-refractivity contribution in [3.8, 4) is 0 Å². The largest absolute Gasteiger partial charge is 0.480 e. The summed E-state index contributed by atoms with van der Waals surface area (Å²) in [6, 6.07) is 0. The summed E-state index contributed by atoms with van der Waals surface area (Å²) < 4.78 is 6.01. The summed E-state index contributed by atoms with van der Waals surface area (Å²) in [4.78, 5) is 34.9. The van der Waals surface area contributed by atoms with Crippen LogP contribution >= 0.6 is 0 Å². The number of amides is 1. The van der Waals surface area contributed by atoms with Gasteiger partial charge in [0.15, 0.2) is 0 Å². The van der Waals surface area contributed by atoms with Crippen molar-refractivity contribution in [1.82, 2.24) is 5.32 Å². The van der Waals surface area contributed by atoms with Gasteiger partial charge in [-0.05, 0) is 38.5 Å². The van der Waals surface area contributed by atoms with Gasteiger partial charge >= 0.3 is 11.9 Å². The Bertz CT molecular complexity index is 683. The van der Waals surface area contributed by atoms with Crippen molar-refractivity contribution in [3.05, 3.63) is 0 Å². The highest BCUT2D eigenvalue weighted by atomic mass is 16.5. The molecule has 0 bridgehead atoms. The Morgan fingerprint density at radius 3 is 1.17 bits per heavy atom. The van der Waals surface area contributed by atoms with Gasteiger partial charge in [-0.1, -0.05) is 174 Å². The molecule has 0 aromatic rings. The Balaban J connectivity index is 4.11. The van der Waals surface area contributed by atoms with Gasteiger partial charge in [0.25, 0.3) is 0 Å². The molecule has 0 aliphatic rings. The molecule has 6 nitrogen and oxygen atoms in total. The molecule has 1 unspecified atom stereocenters. The number of carbonyl (C=O) groups is 3. The van der Waals surface area contributed by atoms with E-state index in [-0.39, 0.29) is 24.5 Å². The van der Waals surface area contributed by atoms with Crippen molar-refractivity contribution < 1.29 is 24.2 Å². The Kier molecular flexibility index (Phi) is 35.0. The van der Waals surface area contributed by atoms with E-state index in [4.69, 9.17) is 9.84 Å². The Labute approximate surface area is 285 Å². The van der Waals surface area contributed by atoms with Gasteiger partial charge in [0.05, 0.1) is 0 Å². The van der Waals surface area contributed by atoms with Crippen LogP contribution in [0.1, 0.15) is 226 Å². The maximum atomic E-state index is 12.7. The topological polar surface area (TPSA) is 92.7 Å². The summed E-state index contributed by atoms with van der Waals surface area (Å²) in [6.45, 7) is 4.23. The molecule has 0 saturated carbocycles. The molecule has 0 radical (unpaired) electrons. The van der Waals surface area contributed by atoms with E-state index in [1.165, 1.54) is 135 Å². The number of carboxylic acid groups (broad SMARTS) is 1. The Morgan fingerprint density at radius 1 is 0.478 bits per heavy atom. The molecule has 2 N–H and O–H groups in total. The van der Waals surface area contributed by atoms with Crippen LogP contribution in [0.4, 0.5) is 0 Å². The summed E-state index contributed by atoms with van der Waals surface area (Å²) in [5.41, 5.74) is 0. The SMILES string of the molecule is CCCCCCCCCCCCCCCCCC(CCCCCCCC(=O)NCC(=O)O)OC(=O)CCCCCCCCCCC. The number of carbonyl (C=O) groups excluding carboxylic acids is 2. The minimum Gasteiger partial charge on any atom is -0.480 e. The number of hydrogen-bond donors (Lipinski definition) is 2. The van der Waals surface area contributed by atoms with Gasteiger partial charge in [-0.15, -0.1) is 0 Å². The molecule has 0 aliphatic heterocycles. The number of nitrogens with one attached hydrogen (secondary N) is 1. The third-order valence-corrected chi connectivity index (χ3v) is 9.28. The van der Waals surface area contributed by atoms with Gasteiger partial charge in [0.1, 0.15) is 12.6 Å². The number of unbranched alkanes of at least 4 members (excludes halogenated alkanes) is 26. The first-order valence-corrected chi connectivity index (χ1v) is 20.2. The highest BCUT2D eigenvalue weighted by Crippen LogP contribution is 2.19. The lowest BCUT2D eigenvalue weighted by Gasteiger charge is -2.18. The first-order valence-electron chi connectivity index (χ1n) is 20.2. The lowest BCUT2D eigenvalue weighted by atomic mass is 10.0. The molecule has 0 rings (SSSR count). The van der Waals surface area contributed by atoms with E-state index >= 15 is 0 Å². The highest BCUT2D eigenvalue weighted by molar-refractivity contribution is 5.80. The van der Waals surface area contributed by atoms with E-state index in [1.807, 2.05) is 0 Å². The average Bonchev–Trinajstić information content (AvgIpc) is 3.04. The van der Waals surface area contributed by atoms with E-state index in [2.05, 4.69) is 19.2 Å². The fourth-order valence-electron chi connectivity index (χ4n) is 6.28. The standard InChI is InChI=1S/C40H77NO5/c1-3-5-7-9-11-13-14-15-16-17-18-20-21-24-28-32-37(33-29-25-23-26-30-34-38(42)41-36-39(43)44)46-40(45)35-31-27-22-19-12-10-8-6-4-2/h37H,3-36H2,1-2H3,(H,41,42)(H,43,44). The van der Waals surface area contributed by atoms with Gasteiger partial charge < -0.3 is 15.2 Å². The first-order chi connectivity index (χ1) is 22.5. The quantitative estimate of drug-likeness (QED) is 0.0515. The molecule has 0 fully saturated rings. The van der Waals surface area contributed by atoms with Crippen LogP contribution in [0, 0.1) is 0 Å². The highest BCUT2D eigenvalue weighted by Gasteiger charge is 2.14. The molecular weight excluding hydrogens is 574 g/mol. The monoisotopic (exact) mass is 652 g/mol. The summed E-state index contributed by atoms with van der Waals surface area (Å²) in [7, 11) is 0. The predicted octanol–water partition coefficient (Wildman–Crippen LogP) is 12.0. The lowest BCUT2D eigenvalue weighted by molar-refractivity contribution is -0.150. The van der Waals surface area contributed by atoms with Crippen molar-refractivity contribution >= 4 is 17.8 Å². The van der Waals surface area contributed by atoms with Crippen LogP contribution in [0.2, 0.25) is 0 Å². The number of rotatable bonds is 37. The average molecular weight is 652 g/mol. The molecule has 1 atom stereocenters. The summed E-state index contributed by atoms with van der Waals surface area (Å²) >= 11 is 0. The number of esters is 1. The zero-order chi connectivity index (χ0) is 33.8. The van der Waals surface area contributed by atoms with Crippen LogP contribution in [0.5, 0.6) is 0 Å². The summed E-state index contributed by atoms with van der Waals surface area (Å²) in [5.74, 6) is -1.22. The second-order valence-electron chi connectivity index (χ2n) is 13.9. The molecule has 0 spiro atoms. The van der Waals surface area contributed by atoms with Gasteiger partial charge in [-0.2, -0.15) is 0 Å². The van der Waals surface area contributed by atoms with Crippen LogP contribution in [0.25, 0.3) is 0 Å². The van der Waals surface area contributed by atoms with E-state index < -0.39 is 5.97 Å². The van der Waals surface area contributed by atoms with E-state index in [1.54, 1.807) is 0 Å². The fraction of sp³-hybridized carbons (Fsp3) is 0.925. The molecule has 0 aromatic heterocycles. The van der Waals surface area contributed by atoms with Gasteiger partial charge in [-0.3, -0.25) is 14.4 Å². The molecular formula is C40H77NO5. The third kappa shape index (κ3) is 35.3. The van der Waals surface area contributed by atoms with Crippen LogP contribution in [0.3, 0.4) is 0 Å². The zero-order valence-corrected chi connectivity index (χ0v) is 30.7. The van der Waals surface area contributed by atoms with Gasteiger partial charge in [0.2, 0.25) is 5.91 Å². The normalized spacial score (nSPS) is 11.9. The van der Waals surface area contributed by atoms with E-state index in [0.717, 1.165) is 64.2 Å². The molecule has 6 heteroatoms. The zero-order valence-electron chi connectivity index (χ0n) is 30.7. The van der Waals surface area contributed by atoms with Crippen LogP contribution in [0.15, 0.2) is 0 Å². The summed E-state index contributed by atoms with van der Waals surface area (Å²) in [5, 5.41) is 11.1. The minimum atomic E-state index is -1.01.